The van der Waals surface area contributed by atoms with Gasteiger partial charge in [0.25, 0.3) is 0 Å². The van der Waals surface area contributed by atoms with E-state index in [1.165, 1.54) is 0 Å². The van der Waals surface area contributed by atoms with Crippen LogP contribution in [0.15, 0.2) is 48.9 Å². The third-order valence-electron chi connectivity index (χ3n) is 2.91. The van der Waals surface area contributed by atoms with Crippen molar-refractivity contribution in [1.82, 2.24) is 30.7 Å². The highest BCUT2D eigenvalue weighted by atomic mass is 15.3. The van der Waals surface area contributed by atoms with Crippen molar-refractivity contribution in [3.05, 3.63) is 60.3 Å². The number of H-pyrrole nitrogens is 1. The van der Waals surface area contributed by atoms with Gasteiger partial charge in [0.15, 0.2) is 0 Å². The highest BCUT2D eigenvalue weighted by Gasteiger charge is 2.09. The monoisotopic (exact) mass is 266 g/mol. The van der Waals surface area contributed by atoms with Crippen molar-refractivity contribution in [3.63, 3.8) is 0 Å². The lowest BCUT2D eigenvalue weighted by molar-refractivity contribution is 0.664. The smallest absolute Gasteiger partial charge is 0.117 e. The van der Waals surface area contributed by atoms with E-state index in [1.807, 2.05) is 36.4 Å². The molecule has 6 nitrogen and oxygen atoms in total. The maximum absolute atomic E-state index is 4.21. The van der Waals surface area contributed by atoms with Gasteiger partial charge in [-0.05, 0) is 6.07 Å². The molecule has 0 spiro atoms. The average molecular weight is 266 g/mol. The maximum atomic E-state index is 4.21. The number of benzene rings is 1. The van der Waals surface area contributed by atoms with E-state index in [4.69, 9.17) is 0 Å². The van der Waals surface area contributed by atoms with Crippen LogP contribution in [0.2, 0.25) is 0 Å². The van der Waals surface area contributed by atoms with Gasteiger partial charge in [0, 0.05) is 24.8 Å². The number of hydrogen-bond acceptors (Lipinski definition) is 5. The Hall–Kier alpha value is -2.60. The predicted octanol–water partition coefficient (Wildman–Crippen LogP) is 1.55. The Morgan fingerprint density at radius 2 is 1.90 bits per heavy atom. The highest BCUT2D eigenvalue weighted by Crippen LogP contribution is 2.18. The lowest BCUT2D eigenvalue weighted by atomic mass is 10.1. The minimum atomic E-state index is 0.630. The first-order chi connectivity index (χ1) is 9.93. The topological polar surface area (TPSA) is 79.4 Å². The van der Waals surface area contributed by atoms with Crippen molar-refractivity contribution in [2.75, 3.05) is 0 Å². The molecular weight excluding hydrogens is 252 g/mol. The normalized spacial score (nSPS) is 10.6. The van der Waals surface area contributed by atoms with Crippen LogP contribution in [-0.2, 0) is 13.1 Å². The van der Waals surface area contributed by atoms with E-state index in [0.29, 0.717) is 13.1 Å². The zero-order chi connectivity index (χ0) is 13.6. The number of aromatic amines is 1. The van der Waals surface area contributed by atoms with Crippen molar-refractivity contribution in [1.29, 1.82) is 0 Å². The molecule has 0 radical (unpaired) electrons. The van der Waals surface area contributed by atoms with E-state index in [0.717, 1.165) is 22.6 Å². The van der Waals surface area contributed by atoms with Crippen LogP contribution in [0.1, 0.15) is 11.4 Å². The molecule has 0 bridgehead atoms. The third kappa shape index (κ3) is 2.86. The van der Waals surface area contributed by atoms with E-state index in [9.17, 15) is 0 Å². The summed E-state index contributed by atoms with van der Waals surface area (Å²) in [7, 11) is 0. The molecule has 2 N–H and O–H groups in total. The van der Waals surface area contributed by atoms with Crippen molar-refractivity contribution in [3.8, 4) is 11.3 Å². The molecule has 0 aliphatic carbocycles. The van der Waals surface area contributed by atoms with Crippen molar-refractivity contribution >= 4 is 0 Å². The summed E-state index contributed by atoms with van der Waals surface area (Å²) in [4.78, 5) is 8.05. The quantitative estimate of drug-likeness (QED) is 0.732. The summed E-state index contributed by atoms with van der Waals surface area (Å²) in [5.74, 6) is 0. The van der Waals surface area contributed by atoms with Gasteiger partial charge >= 0.3 is 0 Å². The summed E-state index contributed by atoms with van der Waals surface area (Å²) >= 11 is 0. The minimum Gasteiger partial charge on any atom is -0.305 e. The second kappa shape index (κ2) is 6.03. The molecule has 0 amide bonds. The first-order valence-corrected chi connectivity index (χ1v) is 6.34. The fourth-order valence-electron chi connectivity index (χ4n) is 1.93. The summed E-state index contributed by atoms with van der Waals surface area (Å²) in [5.41, 5.74) is 3.77. The van der Waals surface area contributed by atoms with Crippen LogP contribution >= 0.6 is 0 Å². The summed E-state index contributed by atoms with van der Waals surface area (Å²) in [6.45, 7) is 1.30. The van der Waals surface area contributed by atoms with Crippen LogP contribution < -0.4 is 5.32 Å². The largest absolute Gasteiger partial charge is 0.305 e. The van der Waals surface area contributed by atoms with Gasteiger partial charge in [-0.1, -0.05) is 30.3 Å². The van der Waals surface area contributed by atoms with E-state index in [1.54, 1.807) is 12.5 Å². The molecule has 0 fully saturated rings. The van der Waals surface area contributed by atoms with Gasteiger partial charge in [-0.25, -0.2) is 9.97 Å². The zero-order valence-electron chi connectivity index (χ0n) is 10.8. The molecule has 3 rings (SSSR count). The Bertz CT molecular complexity index is 650. The Morgan fingerprint density at radius 3 is 2.70 bits per heavy atom. The van der Waals surface area contributed by atoms with Crippen LogP contribution in [0, 0.1) is 0 Å². The highest BCUT2D eigenvalue weighted by molar-refractivity contribution is 5.60. The zero-order valence-corrected chi connectivity index (χ0v) is 10.8. The molecule has 6 heteroatoms. The van der Waals surface area contributed by atoms with Gasteiger partial charge in [-0.3, -0.25) is 0 Å². The summed E-state index contributed by atoms with van der Waals surface area (Å²) < 4.78 is 0. The van der Waals surface area contributed by atoms with Crippen LogP contribution in [-0.4, -0.2) is 25.4 Å². The number of nitrogens with one attached hydrogen (secondary N) is 2. The van der Waals surface area contributed by atoms with Crippen LogP contribution in [0.25, 0.3) is 11.3 Å². The van der Waals surface area contributed by atoms with Gasteiger partial charge in [0.05, 0.1) is 5.69 Å². The van der Waals surface area contributed by atoms with E-state index in [2.05, 4.69) is 30.7 Å². The number of nitrogens with zero attached hydrogens (tertiary/aromatic N) is 4. The molecule has 20 heavy (non-hydrogen) atoms. The summed E-state index contributed by atoms with van der Waals surface area (Å²) in [6, 6.07) is 11.9. The van der Waals surface area contributed by atoms with Crippen LogP contribution in [0.4, 0.5) is 0 Å². The molecule has 0 saturated carbocycles. The fraction of sp³-hybridized carbons (Fsp3) is 0.143. The van der Waals surface area contributed by atoms with Gasteiger partial charge in [-0.15, -0.1) is 0 Å². The third-order valence-corrected chi connectivity index (χ3v) is 2.91. The predicted molar refractivity (Wildman–Crippen MR) is 74.4 cm³/mol. The van der Waals surface area contributed by atoms with Crippen molar-refractivity contribution in [2.45, 2.75) is 13.1 Å². The summed E-state index contributed by atoms with van der Waals surface area (Å²) in [5, 5.41) is 14.4. The Balaban J connectivity index is 1.66. The van der Waals surface area contributed by atoms with Crippen LogP contribution in [0.3, 0.4) is 0 Å². The maximum Gasteiger partial charge on any atom is 0.117 e. The Morgan fingerprint density at radius 1 is 1.00 bits per heavy atom. The van der Waals surface area contributed by atoms with Crippen molar-refractivity contribution < 1.29 is 0 Å². The first kappa shape index (κ1) is 12.4. The standard InChI is InChI=1S/C14H14N6/c1-2-4-11(5-3-1)14-13(18-20-19-14)9-16-8-12-6-7-15-10-17-12/h1-7,10,16H,8-9H2,(H,18,19,20). The molecule has 0 unspecified atom stereocenters. The van der Waals surface area contributed by atoms with E-state index < -0.39 is 0 Å². The molecule has 100 valence electrons. The molecule has 0 aliphatic heterocycles. The number of hydrogen-bond donors (Lipinski definition) is 2. The molecule has 3 aromatic rings. The minimum absolute atomic E-state index is 0.630. The lowest BCUT2D eigenvalue weighted by Gasteiger charge is -2.03. The van der Waals surface area contributed by atoms with Gasteiger partial charge < -0.3 is 5.32 Å². The molecule has 0 aliphatic rings. The molecule has 1 aromatic carbocycles. The van der Waals surface area contributed by atoms with Gasteiger partial charge in [-0.2, -0.15) is 15.4 Å². The molecule has 2 aromatic heterocycles. The summed E-state index contributed by atoms with van der Waals surface area (Å²) in [6.07, 6.45) is 3.28. The van der Waals surface area contributed by atoms with Crippen LogP contribution in [0.5, 0.6) is 0 Å². The van der Waals surface area contributed by atoms with Gasteiger partial charge in [0.1, 0.15) is 17.7 Å². The second-order valence-corrected chi connectivity index (χ2v) is 4.29. The fourth-order valence-corrected chi connectivity index (χ4v) is 1.93. The number of aromatic nitrogens is 5. The molecule has 0 atom stereocenters. The van der Waals surface area contributed by atoms with Gasteiger partial charge in [0.2, 0.25) is 0 Å². The Kier molecular flexibility index (Phi) is 3.75. The van der Waals surface area contributed by atoms with E-state index in [-0.39, 0.29) is 0 Å². The molecule has 0 saturated heterocycles. The molecular formula is C14H14N6. The molecule has 2 heterocycles. The SMILES string of the molecule is c1ccc(-c2n[nH]nc2CNCc2ccncn2)cc1. The second-order valence-electron chi connectivity index (χ2n) is 4.29. The first-order valence-electron chi connectivity index (χ1n) is 6.34. The average Bonchev–Trinajstić information content (AvgIpc) is 2.98. The number of rotatable bonds is 5. The van der Waals surface area contributed by atoms with E-state index >= 15 is 0 Å². The Labute approximate surface area is 116 Å². The lowest BCUT2D eigenvalue weighted by Crippen LogP contribution is -2.14. The van der Waals surface area contributed by atoms with Crippen molar-refractivity contribution in [2.24, 2.45) is 0 Å².